The van der Waals surface area contributed by atoms with Crippen LogP contribution >= 0.6 is 0 Å². The van der Waals surface area contributed by atoms with E-state index < -0.39 is 0 Å². The zero-order valence-corrected chi connectivity index (χ0v) is 17.6. The van der Waals surface area contributed by atoms with Crippen molar-refractivity contribution >= 4 is 22.2 Å². The van der Waals surface area contributed by atoms with Crippen LogP contribution in [-0.4, -0.2) is 23.8 Å². The maximum Gasteiger partial charge on any atom is 0.270 e. The smallest absolute Gasteiger partial charge is 0.270 e. The Morgan fingerprint density at radius 1 is 1.10 bits per heavy atom. The lowest BCUT2D eigenvalue weighted by Crippen LogP contribution is -2.32. The van der Waals surface area contributed by atoms with Gasteiger partial charge in [-0.15, -0.1) is 0 Å². The molecule has 0 saturated carbocycles. The van der Waals surface area contributed by atoms with Gasteiger partial charge in [0.25, 0.3) is 5.56 Å². The van der Waals surface area contributed by atoms with Crippen molar-refractivity contribution in [3.05, 3.63) is 76.1 Å². The molecule has 1 aromatic heterocycles. The third-order valence-corrected chi connectivity index (χ3v) is 5.51. The second kappa shape index (κ2) is 8.08. The highest BCUT2D eigenvalue weighted by Crippen LogP contribution is 2.32. The molecule has 0 radical (unpaired) electrons. The summed E-state index contributed by atoms with van der Waals surface area (Å²) in [5.74, 6) is 0.872. The second-order valence-electron chi connectivity index (χ2n) is 7.83. The number of benzene rings is 2. The van der Waals surface area contributed by atoms with Gasteiger partial charge in [0, 0.05) is 25.5 Å². The van der Waals surface area contributed by atoms with Crippen molar-refractivity contribution in [2.75, 3.05) is 18.0 Å². The fourth-order valence-electron chi connectivity index (χ4n) is 4.06. The highest BCUT2D eigenvalue weighted by Gasteiger charge is 2.22. The molecule has 0 N–H and O–H groups in total. The third-order valence-electron chi connectivity index (χ3n) is 5.51. The topological polar surface area (TPSA) is 58.3 Å². The largest absolute Gasteiger partial charge is 0.491 e. The van der Waals surface area contributed by atoms with Crippen molar-refractivity contribution in [2.45, 2.75) is 26.4 Å². The number of fused-ring (bicyclic) bond motifs is 1. The molecule has 0 bridgehead atoms. The van der Waals surface area contributed by atoms with Gasteiger partial charge >= 0.3 is 0 Å². The zero-order chi connectivity index (χ0) is 21.3. The molecule has 30 heavy (non-hydrogen) atoms. The maximum absolute atomic E-state index is 12.8. The Morgan fingerprint density at radius 3 is 2.47 bits per heavy atom. The molecule has 1 aliphatic rings. The van der Waals surface area contributed by atoms with E-state index in [1.165, 1.54) is 11.1 Å². The number of pyridine rings is 1. The number of hydrogen-bond donors (Lipinski definition) is 0. The van der Waals surface area contributed by atoms with E-state index in [9.17, 15) is 10.1 Å². The van der Waals surface area contributed by atoms with Crippen LogP contribution in [0, 0.1) is 11.3 Å². The van der Waals surface area contributed by atoms with Crippen molar-refractivity contribution in [1.82, 2.24) is 4.57 Å². The Balaban J connectivity index is 1.67. The molecule has 5 heteroatoms. The van der Waals surface area contributed by atoms with Crippen molar-refractivity contribution < 1.29 is 4.74 Å². The van der Waals surface area contributed by atoms with Gasteiger partial charge in [0.2, 0.25) is 0 Å². The van der Waals surface area contributed by atoms with Crippen molar-refractivity contribution in [3.63, 3.8) is 0 Å². The zero-order valence-electron chi connectivity index (χ0n) is 17.6. The van der Waals surface area contributed by atoms with Gasteiger partial charge in [0.1, 0.15) is 17.4 Å². The Hall–Kier alpha value is -3.52. The summed E-state index contributed by atoms with van der Waals surface area (Å²) in [4.78, 5) is 14.9. The van der Waals surface area contributed by atoms with Crippen molar-refractivity contribution in [1.29, 1.82) is 5.26 Å². The Bertz CT molecular complexity index is 1210. The van der Waals surface area contributed by atoms with E-state index in [2.05, 4.69) is 29.2 Å². The molecule has 5 nitrogen and oxygen atoms in total. The number of nitrogens with zero attached hydrogens (tertiary/aromatic N) is 3. The molecule has 0 unspecified atom stereocenters. The van der Waals surface area contributed by atoms with Gasteiger partial charge in [0.15, 0.2) is 0 Å². The Morgan fingerprint density at radius 2 is 1.83 bits per heavy atom. The van der Waals surface area contributed by atoms with Crippen LogP contribution in [0.1, 0.15) is 31.4 Å². The first-order valence-electron chi connectivity index (χ1n) is 10.2. The number of rotatable bonds is 4. The van der Waals surface area contributed by atoms with Crippen molar-refractivity contribution in [3.8, 4) is 11.8 Å². The summed E-state index contributed by atoms with van der Waals surface area (Å²) in [7, 11) is 1.72. The van der Waals surface area contributed by atoms with Crippen LogP contribution in [-0.2, 0) is 7.05 Å². The van der Waals surface area contributed by atoms with Gasteiger partial charge in [-0.2, -0.15) is 5.26 Å². The lowest BCUT2D eigenvalue weighted by Gasteiger charge is -2.30. The summed E-state index contributed by atoms with van der Waals surface area (Å²) in [6.07, 6.45) is 3.19. The number of anilines is 1. The van der Waals surface area contributed by atoms with E-state index in [0.717, 1.165) is 35.3 Å². The van der Waals surface area contributed by atoms with Crippen LogP contribution in [0.5, 0.6) is 5.75 Å². The van der Waals surface area contributed by atoms with E-state index in [1.54, 1.807) is 11.6 Å². The molecule has 0 saturated heterocycles. The van der Waals surface area contributed by atoms with Gasteiger partial charge < -0.3 is 14.2 Å². The highest BCUT2D eigenvalue weighted by atomic mass is 16.5. The molecule has 0 amide bonds. The van der Waals surface area contributed by atoms with Crippen LogP contribution in [0.25, 0.3) is 16.5 Å². The normalized spacial score (nSPS) is 14.0. The molecule has 3 aromatic rings. The summed E-state index contributed by atoms with van der Waals surface area (Å²) in [6, 6.07) is 18.1. The van der Waals surface area contributed by atoms with E-state index in [-0.39, 0.29) is 17.2 Å². The molecule has 0 fully saturated rings. The minimum atomic E-state index is -0.248. The molecule has 0 aliphatic carbocycles. The molecular weight excluding hydrogens is 374 g/mol. The molecule has 0 spiro atoms. The van der Waals surface area contributed by atoms with Gasteiger partial charge in [-0.25, -0.2) is 0 Å². The highest BCUT2D eigenvalue weighted by molar-refractivity contribution is 5.95. The molecule has 2 aromatic carbocycles. The first kappa shape index (κ1) is 19.8. The van der Waals surface area contributed by atoms with E-state index in [1.807, 2.05) is 50.2 Å². The van der Waals surface area contributed by atoms with Crippen LogP contribution in [0.3, 0.4) is 0 Å². The fourth-order valence-corrected chi connectivity index (χ4v) is 4.06. The number of para-hydroxylation sites is 1. The molecule has 0 atom stereocenters. The first-order valence-corrected chi connectivity index (χ1v) is 10.2. The summed E-state index contributed by atoms with van der Waals surface area (Å²) >= 11 is 0. The molecule has 4 rings (SSSR count). The lowest BCUT2D eigenvalue weighted by molar-refractivity contribution is 0.242. The quantitative estimate of drug-likeness (QED) is 0.649. The lowest BCUT2D eigenvalue weighted by atomic mass is 9.98. The summed E-state index contributed by atoms with van der Waals surface area (Å²) in [5.41, 5.74) is 4.00. The number of aromatic nitrogens is 1. The fraction of sp³-hybridized carbons (Fsp3) is 0.280. The predicted molar refractivity (Wildman–Crippen MR) is 121 cm³/mol. The van der Waals surface area contributed by atoms with E-state index in [4.69, 9.17) is 4.74 Å². The minimum absolute atomic E-state index is 0.154. The SMILES string of the molecule is CC(C)Oc1ccc(C2=CCN(c3c(C#N)c(=O)n(C)c4ccccc34)CC2)cc1. The number of nitriles is 1. The van der Waals surface area contributed by atoms with Crippen LogP contribution in [0.2, 0.25) is 0 Å². The molecule has 1 aliphatic heterocycles. The second-order valence-corrected chi connectivity index (χ2v) is 7.83. The van der Waals surface area contributed by atoms with E-state index in [0.29, 0.717) is 6.54 Å². The summed E-state index contributed by atoms with van der Waals surface area (Å²) < 4.78 is 7.29. The standard InChI is InChI=1S/C25H25N3O2/c1-17(2)30-20-10-8-18(9-11-20)19-12-14-28(15-13-19)24-21-6-4-5-7-23(21)27(3)25(29)22(24)16-26/h4-12,17H,13-15H2,1-3H3. The number of hydrogen-bond acceptors (Lipinski definition) is 4. The number of aryl methyl sites for hydroxylation is 1. The van der Waals surface area contributed by atoms with Gasteiger partial charge in [0.05, 0.1) is 17.3 Å². The number of ether oxygens (including phenoxy) is 1. The molecule has 152 valence electrons. The average Bonchev–Trinajstić information content (AvgIpc) is 2.76. The van der Waals surface area contributed by atoms with Crippen LogP contribution < -0.4 is 15.2 Å². The molecule has 2 heterocycles. The predicted octanol–water partition coefficient (Wildman–Crippen LogP) is 4.49. The monoisotopic (exact) mass is 399 g/mol. The summed E-state index contributed by atoms with van der Waals surface area (Å²) in [6.45, 7) is 5.44. The van der Waals surface area contributed by atoms with E-state index >= 15 is 0 Å². The summed E-state index contributed by atoms with van der Waals surface area (Å²) in [5, 5.41) is 10.6. The third kappa shape index (κ3) is 3.57. The minimum Gasteiger partial charge on any atom is -0.491 e. The first-order chi connectivity index (χ1) is 14.5. The Labute approximate surface area is 176 Å². The maximum atomic E-state index is 12.8. The van der Waals surface area contributed by atoms with Gasteiger partial charge in [-0.05, 0) is 49.6 Å². The van der Waals surface area contributed by atoms with Crippen molar-refractivity contribution in [2.24, 2.45) is 7.05 Å². The van der Waals surface area contributed by atoms with Crippen LogP contribution in [0.15, 0.2) is 59.4 Å². The average molecular weight is 399 g/mol. The van der Waals surface area contributed by atoms with Gasteiger partial charge in [-0.3, -0.25) is 4.79 Å². The van der Waals surface area contributed by atoms with Gasteiger partial charge in [-0.1, -0.05) is 36.4 Å². The molecular formula is C25H25N3O2. The van der Waals surface area contributed by atoms with Crippen LogP contribution in [0.4, 0.5) is 5.69 Å². The Kier molecular flexibility index (Phi) is 5.33.